The van der Waals surface area contributed by atoms with Crippen LogP contribution in [0.5, 0.6) is 0 Å². The standard InChI is InChI=1S/C12H14N5O6P/c18-7-3-9(23-8(7)4-22-24(19,20)21)17-6-14-10-11-13-1-2-16(11)5-15-12(10)17/h1-2,5-9,18H,3-4H2,(H2,19,20,21)/t7-,8?,9+/m0/s1. The summed E-state index contributed by atoms with van der Waals surface area (Å²) in [5, 5.41) is 10.0. The Kier molecular flexibility index (Phi) is 3.64. The largest absolute Gasteiger partial charge is 0.469 e. The molecule has 4 rings (SSSR count). The maximum absolute atomic E-state index is 10.8. The lowest BCUT2D eigenvalue weighted by Gasteiger charge is -2.16. The molecule has 3 atom stereocenters. The number of rotatable bonds is 4. The van der Waals surface area contributed by atoms with Crippen molar-refractivity contribution in [3.05, 3.63) is 25.0 Å². The lowest BCUT2D eigenvalue weighted by atomic mass is 10.2. The number of hydrogen-bond donors (Lipinski definition) is 3. The van der Waals surface area contributed by atoms with Crippen molar-refractivity contribution in [3.8, 4) is 0 Å². The number of fused-ring (bicyclic) bond motifs is 3. The fourth-order valence-corrected chi connectivity index (χ4v) is 3.10. The van der Waals surface area contributed by atoms with Gasteiger partial charge in [-0.15, -0.1) is 0 Å². The minimum Gasteiger partial charge on any atom is -0.390 e. The molecule has 1 aliphatic rings. The molecule has 128 valence electrons. The van der Waals surface area contributed by atoms with Gasteiger partial charge in [-0.1, -0.05) is 0 Å². The van der Waals surface area contributed by atoms with Crippen LogP contribution < -0.4 is 0 Å². The third-order valence-corrected chi connectivity index (χ3v) is 4.36. The molecule has 3 N–H and O–H groups in total. The van der Waals surface area contributed by atoms with E-state index in [0.717, 1.165) is 0 Å². The van der Waals surface area contributed by atoms with Crippen LogP contribution in [0.3, 0.4) is 0 Å². The fraction of sp³-hybridized carbons (Fsp3) is 0.417. The smallest absolute Gasteiger partial charge is 0.390 e. The lowest BCUT2D eigenvalue weighted by Crippen LogP contribution is -2.25. The first-order valence-electron chi connectivity index (χ1n) is 7.10. The van der Waals surface area contributed by atoms with E-state index in [1.165, 1.54) is 6.33 Å². The van der Waals surface area contributed by atoms with Crippen LogP contribution in [0.2, 0.25) is 0 Å². The molecule has 1 fully saturated rings. The summed E-state index contributed by atoms with van der Waals surface area (Å²) in [4.78, 5) is 30.4. The van der Waals surface area contributed by atoms with Crippen LogP contribution in [0.25, 0.3) is 16.8 Å². The van der Waals surface area contributed by atoms with Crippen molar-refractivity contribution in [1.82, 2.24) is 23.9 Å². The molecule has 1 unspecified atom stereocenters. The number of phosphoric ester groups is 1. The van der Waals surface area contributed by atoms with Gasteiger partial charge in [-0.25, -0.2) is 19.5 Å². The summed E-state index contributed by atoms with van der Waals surface area (Å²) >= 11 is 0. The number of aliphatic hydroxyl groups excluding tert-OH is 1. The maximum atomic E-state index is 10.8. The fourth-order valence-electron chi connectivity index (χ4n) is 2.76. The predicted molar refractivity (Wildman–Crippen MR) is 78.8 cm³/mol. The average molecular weight is 355 g/mol. The maximum Gasteiger partial charge on any atom is 0.469 e. The van der Waals surface area contributed by atoms with Crippen LogP contribution in [0.4, 0.5) is 0 Å². The Morgan fingerprint density at radius 1 is 1.29 bits per heavy atom. The third-order valence-electron chi connectivity index (χ3n) is 3.87. The van der Waals surface area contributed by atoms with Crippen molar-refractivity contribution in [2.45, 2.75) is 24.9 Å². The minimum absolute atomic E-state index is 0.224. The zero-order valence-corrected chi connectivity index (χ0v) is 13.1. The Bertz CT molecular complexity index is 934. The molecule has 3 aromatic heterocycles. The molecule has 1 saturated heterocycles. The molecule has 4 heterocycles. The first kappa shape index (κ1) is 15.6. The summed E-state index contributed by atoms with van der Waals surface area (Å²) in [7, 11) is -4.62. The molecule has 12 heteroatoms. The summed E-state index contributed by atoms with van der Waals surface area (Å²) in [6.45, 7) is -0.410. The Morgan fingerprint density at radius 3 is 2.92 bits per heavy atom. The summed E-state index contributed by atoms with van der Waals surface area (Å²) in [6.07, 6.45) is 4.41. The second kappa shape index (κ2) is 5.59. The van der Waals surface area contributed by atoms with E-state index in [1.54, 1.807) is 27.7 Å². The van der Waals surface area contributed by atoms with Crippen LogP contribution in [-0.2, 0) is 13.8 Å². The van der Waals surface area contributed by atoms with Crippen LogP contribution >= 0.6 is 7.82 Å². The number of phosphoric acid groups is 1. The molecule has 0 aliphatic carbocycles. The Hall–Kier alpha value is -1.88. The van der Waals surface area contributed by atoms with Gasteiger partial charge < -0.3 is 19.6 Å². The van der Waals surface area contributed by atoms with Crippen LogP contribution in [-0.4, -0.2) is 57.6 Å². The van der Waals surface area contributed by atoms with Gasteiger partial charge in [0.05, 0.1) is 19.0 Å². The van der Waals surface area contributed by atoms with E-state index in [0.29, 0.717) is 16.8 Å². The van der Waals surface area contributed by atoms with Gasteiger partial charge in [0.2, 0.25) is 0 Å². The highest BCUT2D eigenvalue weighted by molar-refractivity contribution is 7.46. The number of aromatic nitrogens is 5. The Labute approximate surface area is 134 Å². The lowest BCUT2D eigenvalue weighted by molar-refractivity contribution is -0.0424. The molecular weight excluding hydrogens is 341 g/mol. The van der Waals surface area contributed by atoms with Crippen molar-refractivity contribution in [1.29, 1.82) is 0 Å². The van der Waals surface area contributed by atoms with E-state index in [9.17, 15) is 9.67 Å². The minimum atomic E-state index is -4.62. The summed E-state index contributed by atoms with van der Waals surface area (Å²) in [6, 6.07) is 0. The number of hydrogen-bond acceptors (Lipinski definition) is 7. The summed E-state index contributed by atoms with van der Waals surface area (Å²) in [5.74, 6) is 0. The van der Waals surface area contributed by atoms with Crippen LogP contribution in [0.1, 0.15) is 12.6 Å². The van der Waals surface area contributed by atoms with E-state index >= 15 is 0 Å². The monoisotopic (exact) mass is 355 g/mol. The zero-order chi connectivity index (χ0) is 16.9. The molecule has 3 aromatic rings. The molecule has 24 heavy (non-hydrogen) atoms. The number of imidazole rings is 2. The summed E-state index contributed by atoms with van der Waals surface area (Å²) < 4.78 is 24.2. The van der Waals surface area contributed by atoms with Gasteiger partial charge >= 0.3 is 7.82 Å². The molecule has 0 saturated carbocycles. The highest BCUT2D eigenvalue weighted by Gasteiger charge is 2.37. The molecule has 0 amide bonds. The van der Waals surface area contributed by atoms with Gasteiger partial charge in [-0.05, 0) is 0 Å². The van der Waals surface area contributed by atoms with E-state index in [1.807, 2.05) is 0 Å². The van der Waals surface area contributed by atoms with Gasteiger partial charge in [0, 0.05) is 18.8 Å². The highest BCUT2D eigenvalue weighted by atomic mass is 31.2. The van der Waals surface area contributed by atoms with Crippen molar-refractivity contribution in [2.75, 3.05) is 6.61 Å². The average Bonchev–Trinajstić information content (AvgIpc) is 3.20. The highest BCUT2D eigenvalue weighted by Crippen LogP contribution is 2.38. The van der Waals surface area contributed by atoms with Crippen molar-refractivity contribution >= 4 is 24.6 Å². The number of aliphatic hydroxyl groups is 1. The van der Waals surface area contributed by atoms with Gasteiger partial charge in [0.1, 0.15) is 18.7 Å². The Morgan fingerprint density at radius 2 is 2.12 bits per heavy atom. The first-order valence-corrected chi connectivity index (χ1v) is 8.63. The zero-order valence-electron chi connectivity index (χ0n) is 12.2. The van der Waals surface area contributed by atoms with E-state index < -0.39 is 32.9 Å². The number of nitrogens with zero attached hydrogens (tertiary/aromatic N) is 5. The summed E-state index contributed by atoms with van der Waals surface area (Å²) in [5.41, 5.74) is 1.79. The number of ether oxygens (including phenoxy) is 1. The SMILES string of the molecule is O=P(O)(O)OCC1O[C@@H](n2cnc3c2ncn2ccnc32)C[C@@H]1O. The molecule has 0 aromatic carbocycles. The topological polar surface area (TPSA) is 144 Å². The molecule has 0 radical (unpaired) electrons. The second-order valence-electron chi connectivity index (χ2n) is 5.45. The van der Waals surface area contributed by atoms with Crippen molar-refractivity contribution in [2.24, 2.45) is 0 Å². The van der Waals surface area contributed by atoms with Gasteiger partial charge in [0.15, 0.2) is 16.8 Å². The second-order valence-corrected chi connectivity index (χ2v) is 6.68. The van der Waals surface area contributed by atoms with Crippen molar-refractivity contribution < 1.29 is 28.7 Å². The molecule has 0 spiro atoms. The van der Waals surface area contributed by atoms with Gasteiger partial charge in [0.25, 0.3) is 0 Å². The first-order chi connectivity index (χ1) is 11.4. The molecule has 0 bridgehead atoms. The van der Waals surface area contributed by atoms with E-state index in [2.05, 4.69) is 19.5 Å². The molecule has 1 aliphatic heterocycles. The van der Waals surface area contributed by atoms with Crippen molar-refractivity contribution in [3.63, 3.8) is 0 Å². The normalized spacial score (nSPS) is 25.0. The quantitative estimate of drug-likeness (QED) is 0.543. The van der Waals surface area contributed by atoms with Gasteiger partial charge in [-0.2, -0.15) is 0 Å². The molecular formula is C12H14N5O6P. The third kappa shape index (κ3) is 2.71. The van der Waals surface area contributed by atoms with Crippen LogP contribution in [0.15, 0.2) is 25.0 Å². The van der Waals surface area contributed by atoms with Gasteiger partial charge in [-0.3, -0.25) is 13.5 Å². The predicted octanol–water partition coefficient (Wildman–Crippen LogP) is -0.163. The Balaban J connectivity index is 1.60. The van der Waals surface area contributed by atoms with E-state index in [-0.39, 0.29) is 6.42 Å². The van der Waals surface area contributed by atoms with Crippen LogP contribution in [0, 0.1) is 0 Å². The van der Waals surface area contributed by atoms with E-state index in [4.69, 9.17) is 14.5 Å². The molecule has 11 nitrogen and oxygen atoms in total.